The predicted molar refractivity (Wildman–Crippen MR) is 236 cm³/mol. The lowest BCUT2D eigenvalue weighted by Gasteiger charge is -2.46. The Kier molecular flexibility index (Phi) is 6.43. The molecule has 1 spiro atoms. The highest BCUT2D eigenvalue weighted by Crippen LogP contribution is 2.63. The first-order chi connectivity index (χ1) is 27.0. The molecule has 2 aliphatic rings. The highest BCUT2D eigenvalue weighted by Gasteiger charge is 2.53. The second-order valence-corrected chi connectivity index (χ2v) is 17.7. The first kappa shape index (κ1) is 31.4. The van der Waals surface area contributed by atoms with Gasteiger partial charge in [0.1, 0.15) is 0 Å². The van der Waals surface area contributed by atoms with Crippen LogP contribution in [-0.2, 0) is 10.8 Å². The van der Waals surface area contributed by atoms with Gasteiger partial charge in [-0.25, -0.2) is 0 Å². The summed E-state index contributed by atoms with van der Waals surface area (Å²) < 4.78 is 5.24. The molecule has 8 aromatic carbocycles. The lowest BCUT2D eigenvalue weighted by Crippen LogP contribution is -2.40. The molecule has 0 aliphatic heterocycles. The van der Waals surface area contributed by atoms with Crippen molar-refractivity contribution in [3.8, 4) is 11.1 Å². The van der Waals surface area contributed by atoms with Gasteiger partial charge in [0.25, 0.3) is 0 Å². The Morgan fingerprint density at radius 1 is 0.382 bits per heavy atom. The Balaban J connectivity index is 1.19. The van der Waals surface area contributed by atoms with Crippen LogP contribution in [0.5, 0.6) is 0 Å². The van der Waals surface area contributed by atoms with Crippen molar-refractivity contribution in [2.24, 2.45) is 0 Å². The zero-order valence-corrected chi connectivity index (χ0v) is 32.1. The van der Waals surface area contributed by atoms with Crippen LogP contribution in [0.15, 0.2) is 176 Å². The molecule has 2 heterocycles. The van der Waals surface area contributed by atoms with Crippen molar-refractivity contribution in [2.75, 3.05) is 4.90 Å². The zero-order valence-electron chi connectivity index (χ0n) is 30.5. The fourth-order valence-electron chi connectivity index (χ4n) is 10.2. The van der Waals surface area contributed by atoms with Gasteiger partial charge in [0.2, 0.25) is 0 Å². The zero-order chi connectivity index (χ0) is 36.5. The average molecular weight is 738 g/mol. The second-order valence-electron chi connectivity index (χ2n) is 15.6. The molecule has 0 amide bonds. The van der Waals surface area contributed by atoms with Crippen LogP contribution in [0.2, 0.25) is 0 Å². The summed E-state index contributed by atoms with van der Waals surface area (Å²) in [5, 5.41) is 5.22. The predicted octanol–water partition coefficient (Wildman–Crippen LogP) is 14.9. The molecule has 2 aliphatic carbocycles. The molecule has 2 aromatic heterocycles. The van der Waals surface area contributed by atoms with Crippen LogP contribution in [0.3, 0.4) is 0 Å². The van der Waals surface area contributed by atoms with E-state index in [1.54, 1.807) is 0 Å². The van der Waals surface area contributed by atoms with Crippen molar-refractivity contribution in [1.82, 2.24) is 0 Å². The van der Waals surface area contributed by atoms with Crippen LogP contribution in [0.1, 0.15) is 47.2 Å². The molecule has 12 rings (SSSR count). The van der Waals surface area contributed by atoms with Gasteiger partial charge in [0, 0.05) is 52.4 Å². The third-order valence-corrected chi connectivity index (χ3v) is 14.9. The number of thiophene rings is 2. The molecule has 0 atom stereocenters. The maximum Gasteiger partial charge on any atom is 0.0720 e. The number of nitrogens with zero attached hydrogens (tertiary/aromatic N) is 1. The van der Waals surface area contributed by atoms with E-state index in [-0.39, 0.29) is 5.41 Å². The highest BCUT2D eigenvalue weighted by atomic mass is 32.1. The minimum Gasteiger partial charge on any atom is -0.309 e. The van der Waals surface area contributed by atoms with E-state index in [0.29, 0.717) is 0 Å². The van der Waals surface area contributed by atoms with Gasteiger partial charge in [0.05, 0.1) is 15.8 Å². The average Bonchev–Trinajstić information content (AvgIpc) is 3.89. The number of rotatable bonds is 3. The second kappa shape index (κ2) is 11.3. The molecule has 0 saturated carbocycles. The normalized spacial score (nSPS) is 14.7. The summed E-state index contributed by atoms with van der Waals surface area (Å²) in [6, 6.07) is 66.5. The topological polar surface area (TPSA) is 3.24 Å². The van der Waals surface area contributed by atoms with Crippen LogP contribution in [0, 0.1) is 0 Å². The molecule has 260 valence electrons. The number of hydrogen-bond acceptors (Lipinski definition) is 3. The fourth-order valence-corrected chi connectivity index (χ4v) is 12.5. The Morgan fingerprint density at radius 2 is 0.909 bits per heavy atom. The van der Waals surface area contributed by atoms with E-state index in [2.05, 4.69) is 195 Å². The molecule has 0 radical (unpaired) electrons. The van der Waals surface area contributed by atoms with E-state index in [4.69, 9.17) is 0 Å². The van der Waals surface area contributed by atoms with Gasteiger partial charge in [-0.05, 0) is 93.0 Å². The molecule has 0 saturated heterocycles. The van der Waals surface area contributed by atoms with Crippen LogP contribution >= 0.6 is 22.7 Å². The largest absolute Gasteiger partial charge is 0.309 e. The summed E-state index contributed by atoms with van der Waals surface area (Å²) in [4.78, 5) is 2.53. The van der Waals surface area contributed by atoms with E-state index in [0.717, 1.165) is 11.4 Å². The van der Waals surface area contributed by atoms with E-state index < -0.39 is 5.41 Å². The summed E-state index contributed by atoms with van der Waals surface area (Å²) in [6.45, 7) is 4.79. The quantitative estimate of drug-likeness (QED) is 0.175. The number of benzene rings is 8. The molecular weight excluding hydrogens is 703 g/mol. The van der Waals surface area contributed by atoms with E-state index in [9.17, 15) is 0 Å². The van der Waals surface area contributed by atoms with Gasteiger partial charge in [-0.2, -0.15) is 0 Å². The van der Waals surface area contributed by atoms with E-state index >= 15 is 0 Å². The molecule has 0 bridgehead atoms. The number of anilines is 3. The number of fused-ring (bicyclic) bond motifs is 15. The molecule has 1 nitrogen and oxygen atoms in total. The van der Waals surface area contributed by atoms with Gasteiger partial charge < -0.3 is 4.90 Å². The van der Waals surface area contributed by atoms with Crippen molar-refractivity contribution >= 4 is 80.1 Å². The molecule has 0 N–H and O–H groups in total. The minimum absolute atomic E-state index is 0.144. The van der Waals surface area contributed by atoms with E-state index in [1.165, 1.54) is 90.5 Å². The first-order valence-corrected chi connectivity index (χ1v) is 20.7. The fraction of sp³-hybridized carbons (Fsp3) is 0.0769. The summed E-state index contributed by atoms with van der Waals surface area (Å²) in [7, 11) is 0. The molecule has 0 unspecified atom stereocenters. The van der Waals surface area contributed by atoms with Crippen LogP contribution in [0.4, 0.5) is 17.1 Å². The van der Waals surface area contributed by atoms with Crippen LogP contribution < -0.4 is 4.90 Å². The SMILES string of the molecule is CC1(C)c2ccccc2C2(c3ccccc3-c3ccc(N(c4ccc5sc6ccccc6c5c4)c4cccc5c4sc4ccccc45)cc32)c2ccccc21. The minimum atomic E-state index is -0.465. The monoisotopic (exact) mass is 737 g/mol. The van der Waals surface area contributed by atoms with Gasteiger partial charge in [0.15, 0.2) is 0 Å². The summed E-state index contributed by atoms with van der Waals surface area (Å²) in [6.07, 6.45) is 0. The maximum absolute atomic E-state index is 2.53. The van der Waals surface area contributed by atoms with Crippen LogP contribution in [-0.4, -0.2) is 0 Å². The summed E-state index contributed by atoms with van der Waals surface area (Å²) >= 11 is 3.77. The first-order valence-electron chi connectivity index (χ1n) is 19.1. The number of hydrogen-bond donors (Lipinski definition) is 0. The summed E-state index contributed by atoms with van der Waals surface area (Å²) in [5.41, 5.74) is 13.8. The van der Waals surface area contributed by atoms with Gasteiger partial charge in [-0.15, -0.1) is 22.7 Å². The molecule has 55 heavy (non-hydrogen) atoms. The molecule has 10 aromatic rings. The Bertz CT molecular complexity index is 3160. The lowest BCUT2D eigenvalue weighted by molar-refractivity contribution is 0.563. The maximum atomic E-state index is 2.53. The smallest absolute Gasteiger partial charge is 0.0720 e. The lowest BCUT2D eigenvalue weighted by atomic mass is 9.55. The van der Waals surface area contributed by atoms with E-state index in [1.807, 2.05) is 22.7 Å². The standard InChI is InChI=1S/C52H35NS2/c1-51(2)41-19-7-9-21-43(41)52(44-22-10-8-20-42(44)51)40-18-6-3-14-34(40)35-28-26-33(31-45(35)52)53(32-27-29-49-39(30-32)37-16-5-11-24-47(37)54-49)46-23-13-17-38-36-15-4-12-25-48(36)55-50(38)46/h3-31H,1-2H3. The van der Waals surface area contributed by atoms with Gasteiger partial charge in [-0.3, -0.25) is 0 Å². The Labute approximate surface area is 328 Å². The van der Waals surface area contributed by atoms with Crippen molar-refractivity contribution in [3.63, 3.8) is 0 Å². The van der Waals surface area contributed by atoms with Gasteiger partial charge in [-0.1, -0.05) is 141 Å². The third-order valence-electron chi connectivity index (χ3n) is 12.5. The summed E-state index contributed by atoms with van der Waals surface area (Å²) in [5.74, 6) is 0. The molecule has 3 heteroatoms. The van der Waals surface area contributed by atoms with Crippen molar-refractivity contribution in [2.45, 2.75) is 24.7 Å². The molecule has 0 fully saturated rings. The van der Waals surface area contributed by atoms with Crippen molar-refractivity contribution < 1.29 is 0 Å². The van der Waals surface area contributed by atoms with Crippen LogP contribution in [0.25, 0.3) is 51.5 Å². The molecular formula is C52H35NS2. The van der Waals surface area contributed by atoms with Crippen molar-refractivity contribution in [3.05, 3.63) is 209 Å². The Morgan fingerprint density at radius 3 is 1.65 bits per heavy atom. The van der Waals surface area contributed by atoms with Crippen molar-refractivity contribution in [1.29, 1.82) is 0 Å². The highest BCUT2D eigenvalue weighted by molar-refractivity contribution is 7.26. The third kappa shape index (κ3) is 4.12. The Hall–Kier alpha value is -6.00. The van der Waals surface area contributed by atoms with Gasteiger partial charge >= 0.3 is 0 Å².